The first kappa shape index (κ1) is 26.2. The number of aromatic nitrogens is 2. The van der Waals surface area contributed by atoms with Gasteiger partial charge >= 0.3 is 0 Å². The number of amides is 3. The van der Waals surface area contributed by atoms with Gasteiger partial charge in [0.15, 0.2) is 6.04 Å². The van der Waals surface area contributed by atoms with Crippen LogP contribution in [0, 0.1) is 11.8 Å². The molecule has 0 aliphatic carbocycles. The van der Waals surface area contributed by atoms with E-state index in [4.69, 9.17) is 4.74 Å². The summed E-state index contributed by atoms with van der Waals surface area (Å²) in [4.78, 5) is 52.7. The Morgan fingerprint density at radius 3 is 2.28 bits per heavy atom. The molecule has 6 bridgehead atoms. The first-order chi connectivity index (χ1) is 17.2. The number of nitrogens with zero attached hydrogens (tertiary/aromatic N) is 3. The lowest BCUT2D eigenvalue weighted by atomic mass is 9.98. The van der Waals surface area contributed by atoms with Crippen LogP contribution >= 0.6 is 22.7 Å². The van der Waals surface area contributed by atoms with Crippen LogP contribution < -0.4 is 16.0 Å². The molecule has 6 atom stereocenters. The van der Waals surface area contributed by atoms with Crippen LogP contribution in [0.25, 0.3) is 0 Å². The molecule has 3 amide bonds. The molecule has 12 heteroatoms. The smallest absolute Gasteiger partial charge is 0.271 e. The van der Waals surface area contributed by atoms with Gasteiger partial charge in [0.2, 0.25) is 11.8 Å². The zero-order valence-electron chi connectivity index (χ0n) is 21.0. The number of hydrogen-bond acceptors (Lipinski definition) is 9. The zero-order chi connectivity index (χ0) is 26.0. The summed E-state index contributed by atoms with van der Waals surface area (Å²) in [6.07, 6.45) is 1.10. The Bertz CT molecular complexity index is 1160. The standard InChI is InChI=1S/C24H32N6O4S2/c1-6-11(3)17-23-30-19(13(5)34-23)22(33)25-8-16-26-14(9-35-16)20(31)29-18(12(4)7-2)24-27-15(10-36-24)21(32)28-17/h9-13,17-19H,6-8H2,1-5H3,(H,25,33)(H,28,32)(H,29,31). The molecule has 0 saturated carbocycles. The Hall–Kier alpha value is -2.86. The molecular formula is C24H32N6O4S2. The van der Waals surface area contributed by atoms with Gasteiger partial charge in [-0.25, -0.2) is 15.0 Å². The normalized spacial score (nSPS) is 26.5. The van der Waals surface area contributed by atoms with Crippen molar-refractivity contribution >= 4 is 46.3 Å². The lowest BCUT2D eigenvalue weighted by molar-refractivity contribution is -0.123. The third-order valence-electron chi connectivity index (χ3n) is 6.77. The second-order valence-corrected chi connectivity index (χ2v) is 11.2. The minimum Gasteiger partial charge on any atom is -0.474 e. The highest BCUT2D eigenvalue weighted by Crippen LogP contribution is 2.28. The van der Waals surface area contributed by atoms with Crippen molar-refractivity contribution in [1.29, 1.82) is 0 Å². The fraction of sp³-hybridized carbons (Fsp3) is 0.583. The summed E-state index contributed by atoms with van der Waals surface area (Å²) in [5.74, 6) is -0.509. The monoisotopic (exact) mass is 532 g/mol. The van der Waals surface area contributed by atoms with Crippen molar-refractivity contribution in [2.45, 2.75) is 78.2 Å². The maximum Gasteiger partial charge on any atom is 0.271 e. The van der Waals surface area contributed by atoms with Crippen molar-refractivity contribution in [3.8, 4) is 0 Å². The third-order valence-corrected chi connectivity index (χ3v) is 8.55. The van der Waals surface area contributed by atoms with E-state index in [-0.39, 0.29) is 53.5 Å². The highest BCUT2D eigenvalue weighted by atomic mass is 32.1. The molecule has 0 saturated heterocycles. The van der Waals surface area contributed by atoms with E-state index in [0.717, 1.165) is 12.8 Å². The molecule has 0 fully saturated rings. The van der Waals surface area contributed by atoms with Crippen molar-refractivity contribution in [2.75, 3.05) is 0 Å². The molecule has 10 nitrogen and oxygen atoms in total. The van der Waals surface area contributed by atoms with Crippen LogP contribution in [0.2, 0.25) is 0 Å². The SMILES string of the molecule is CCC(C)C1NC(=O)c2csc(n2)C(C(C)CC)NC(=O)c2csc(n2)CNC(=O)C2N=C1OC2C. The summed E-state index contributed by atoms with van der Waals surface area (Å²) in [6.45, 7) is 10.1. The summed E-state index contributed by atoms with van der Waals surface area (Å²) in [6, 6.07) is -1.61. The van der Waals surface area contributed by atoms with Gasteiger partial charge in [-0.15, -0.1) is 22.7 Å². The molecule has 4 heterocycles. The van der Waals surface area contributed by atoms with Crippen LogP contribution in [0.5, 0.6) is 0 Å². The molecule has 4 rings (SSSR count). The molecule has 2 aromatic rings. The van der Waals surface area contributed by atoms with E-state index >= 15 is 0 Å². The second kappa shape index (κ2) is 11.0. The number of hydrogen-bond donors (Lipinski definition) is 3. The van der Waals surface area contributed by atoms with Gasteiger partial charge in [0.25, 0.3) is 11.8 Å². The van der Waals surface area contributed by atoms with Gasteiger partial charge < -0.3 is 20.7 Å². The molecule has 0 radical (unpaired) electrons. The van der Waals surface area contributed by atoms with E-state index in [0.29, 0.717) is 15.9 Å². The molecule has 2 aromatic heterocycles. The van der Waals surface area contributed by atoms with Crippen LogP contribution in [0.1, 0.15) is 84.5 Å². The predicted octanol–water partition coefficient (Wildman–Crippen LogP) is 3.08. The Morgan fingerprint density at radius 2 is 1.58 bits per heavy atom. The summed E-state index contributed by atoms with van der Waals surface area (Å²) < 4.78 is 5.98. The maximum atomic E-state index is 13.2. The highest BCUT2D eigenvalue weighted by Gasteiger charge is 2.38. The van der Waals surface area contributed by atoms with E-state index in [9.17, 15) is 14.4 Å². The minimum atomic E-state index is -0.743. The maximum absolute atomic E-state index is 13.2. The molecule has 36 heavy (non-hydrogen) atoms. The van der Waals surface area contributed by atoms with Crippen molar-refractivity contribution in [3.05, 3.63) is 32.2 Å². The van der Waals surface area contributed by atoms with Gasteiger partial charge in [0, 0.05) is 10.8 Å². The number of nitrogens with one attached hydrogen (secondary N) is 3. The van der Waals surface area contributed by atoms with Crippen molar-refractivity contribution < 1.29 is 19.1 Å². The summed E-state index contributed by atoms with van der Waals surface area (Å²) in [7, 11) is 0. The minimum absolute atomic E-state index is 0.0197. The summed E-state index contributed by atoms with van der Waals surface area (Å²) >= 11 is 2.65. The Labute approximate surface area is 218 Å². The van der Waals surface area contributed by atoms with Crippen molar-refractivity contribution in [2.24, 2.45) is 16.8 Å². The summed E-state index contributed by atoms with van der Waals surface area (Å²) in [5.41, 5.74) is 0.548. The fourth-order valence-corrected chi connectivity index (χ4v) is 5.74. The van der Waals surface area contributed by atoms with Gasteiger partial charge in [0.1, 0.15) is 33.5 Å². The molecule has 6 unspecified atom stereocenters. The average molecular weight is 533 g/mol. The second-order valence-electron chi connectivity index (χ2n) is 9.32. The van der Waals surface area contributed by atoms with Crippen LogP contribution in [0.3, 0.4) is 0 Å². The molecule has 2 aliphatic rings. The number of thiazole rings is 2. The first-order valence-corrected chi connectivity index (χ1v) is 14.0. The highest BCUT2D eigenvalue weighted by molar-refractivity contribution is 7.10. The van der Waals surface area contributed by atoms with E-state index < -0.39 is 18.2 Å². The largest absolute Gasteiger partial charge is 0.474 e. The fourth-order valence-electron chi connectivity index (χ4n) is 4.05. The lowest BCUT2D eigenvalue weighted by Crippen LogP contribution is -2.45. The van der Waals surface area contributed by atoms with Gasteiger partial charge in [-0.1, -0.05) is 40.5 Å². The number of ether oxygens (including phenoxy) is 1. The predicted molar refractivity (Wildman–Crippen MR) is 138 cm³/mol. The van der Waals surface area contributed by atoms with Gasteiger partial charge in [-0.2, -0.15) is 0 Å². The van der Waals surface area contributed by atoms with E-state index in [1.807, 2.05) is 27.7 Å². The van der Waals surface area contributed by atoms with E-state index in [1.165, 1.54) is 22.7 Å². The number of carbonyl (C=O) groups is 3. The van der Waals surface area contributed by atoms with Gasteiger partial charge in [-0.05, 0) is 18.8 Å². The Kier molecular flexibility index (Phi) is 8.04. The van der Waals surface area contributed by atoms with Crippen LogP contribution in [-0.2, 0) is 16.1 Å². The molecule has 0 spiro atoms. The quantitative estimate of drug-likeness (QED) is 0.554. The van der Waals surface area contributed by atoms with Crippen molar-refractivity contribution in [1.82, 2.24) is 25.9 Å². The van der Waals surface area contributed by atoms with E-state index in [1.54, 1.807) is 17.7 Å². The average Bonchev–Trinajstić information content (AvgIpc) is 3.62. The number of aliphatic imine (C=N–C) groups is 1. The molecular weight excluding hydrogens is 500 g/mol. The van der Waals surface area contributed by atoms with Crippen LogP contribution in [0.15, 0.2) is 15.8 Å². The molecule has 3 N–H and O–H groups in total. The Balaban J connectivity index is 1.72. The molecule has 2 aliphatic heterocycles. The third kappa shape index (κ3) is 5.44. The number of rotatable bonds is 4. The first-order valence-electron chi connectivity index (χ1n) is 12.2. The molecule has 194 valence electrons. The van der Waals surface area contributed by atoms with E-state index in [2.05, 4.69) is 30.9 Å². The topological polar surface area (TPSA) is 135 Å². The van der Waals surface area contributed by atoms with Gasteiger partial charge in [-0.3, -0.25) is 14.4 Å². The zero-order valence-corrected chi connectivity index (χ0v) is 22.7. The Morgan fingerprint density at radius 1 is 0.972 bits per heavy atom. The number of carbonyl (C=O) groups excluding carboxylic acids is 3. The lowest BCUT2D eigenvalue weighted by Gasteiger charge is -2.24. The van der Waals surface area contributed by atoms with Crippen LogP contribution in [-0.4, -0.2) is 51.8 Å². The number of fused-ring (bicyclic) bond motifs is 5. The van der Waals surface area contributed by atoms with Gasteiger partial charge in [0.05, 0.1) is 12.6 Å². The van der Waals surface area contributed by atoms with Crippen molar-refractivity contribution in [3.63, 3.8) is 0 Å². The molecule has 0 aromatic carbocycles. The summed E-state index contributed by atoms with van der Waals surface area (Å²) in [5, 5.41) is 13.6. The van der Waals surface area contributed by atoms with Crippen LogP contribution in [0.4, 0.5) is 0 Å².